The lowest BCUT2D eigenvalue weighted by molar-refractivity contribution is -0.957. The number of fused-ring (bicyclic) bond motifs is 1. The highest BCUT2D eigenvalue weighted by molar-refractivity contribution is 7.12. The van der Waals surface area contributed by atoms with Gasteiger partial charge in [0.2, 0.25) is 0 Å². The molecule has 176 valence electrons. The van der Waals surface area contributed by atoms with E-state index in [9.17, 15) is 4.79 Å². The molecule has 0 atom stereocenters. The molecule has 0 unspecified atom stereocenters. The lowest BCUT2D eigenvalue weighted by Gasteiger charge is -2.40. The molecule has 0 bridgehead atoms. The number of morpholine rings is 1. The number of nitrogens with one attached hydrogen (secondary N) is 3. The fourth-order valence-electron chi connectivity index (χ4n) is 5.42. The molecule has 1 saturated carbocycles. The highest BCUT2D eigenvalue weighted by Gasteiger charge is 2.44. The molecule has 34 heavy (non-hydrogen) atoms. The molecule has 1 aliphatic heterocycles. The fraction of sp³-hybridized carbons (Fsp3) is 0.417. The Morgan fingerprint density at radius 1 is 1.18 bits per heavy atom. The van der Waals surface area contributed by atoms with Gasteiger partial charge in [-0.05, 0) is 29.9 Å². The number of hydrogen-bond donors (Lipinski definition) is 3. The number of aromatic amines is 1. The van der Waals surface area contributed by atoms with Crippen molar-refractivity contribution in [1.82, 2.24) is 30.1 Å². The molecule has 0 aromatic carbocycles. The van der Waals surface area contributed by atoms with Crippen LogP contribution < -0.4 is 10.2 Å². The second-order valence-electron chi connectivity index (χ2n) is 9.24. The molecule has 4 aromatic heterocycles. The highest BCUT2D eigenvalue weighted by atomic mass is 32.1. The van der Waals surface area contributed by atoms with Crippen molar-refractivity contribution < 1.29 is 14.4 Å². The van der Waals surface area contributed by atoms with E-state index in [1.54, 1.807) is 21.8 Å². The predicted molar refractivity (Wildman–Crippen MR) is 129 cm³/mol. The summed E-state index contributed by atoms with van der Waals surface area (Å²) < 4.78 is 7.34. The molecule has 1 saturated heterocycles. The van der Waals surface area contributed by atoms with Gasteiger partial charge in [-0.15, -0.1) is 11.3 Å². The maximum Gasteiger partial charge on any atom is 0.261 e. The number of carbonyl (C=O) groups is 1. The lowest BCUT2D eigenvalue weighted by atomic mass is 9.94. The largest absolute Gasteiger partial charge is 0.370 e. The standard InChI is InChI=1S/C24H27N7O2S/c32-23(26-16-24(3-1-2-4-24)30-5-7-33-8-6-30)21-9-17(15-34-21)20-13-29-31-14-19(10-25-22(20)31)18-11-27-28-12-18/h9-15H,1-8,16H2,(H,26,32)(H,27,28)/p+1. The van der Waals surface area contributed by atoms with Gasteiger partial charge >= 0.3 is 0 Å². The Hall–Kier alpha value is -3.08. The first-order valence-electron chi connectivity index (χ1n) is 11.8. The van der Waals surface area contributed by atoms with Crippen molar-refractivity contribution in [2.75, 3.05) is 32.8 Å². The van der Waals surface area contributed by atoms with Crippen LogP contribution in [-0.4, -0.2) is 69.1 Å². The number of aromatic nitrogens is 5. The molecule has 1 aliphatic carbocycles. The van der Waals surface area contributed by atoms with Crippen LogP contribution in [-0.2, 0) is 4.74 Å². The van der Waals surface area contributed by atoms with Crippen molar-refractivity contribution in [2.24, 2.45) is 0 Å². The van der Waals surface area contributed by atoms with E-state index in [1.165, 1.54) is 37.0 Å². The molecule has 0 spiro atoms. The number of hydrogen-bond acceptors (Lipinski definition) is 6. The van der Waals surface area contributed by atoms with E-state index in [1.807, 2.05) is 30.0 Å². The number of rotatable bonds is 6. The zero-order valence-corrected chi connectivity index (χ0v) is 19.7. The van der Waals surface area contributed by atoms with Gasteiger partial charge in [0.15, 0.2) is 5.65 Å². The Balaban J connectivity index is 1.18. The number of carbonyl (C=O) groups excluding carboxylic acids is 1. The van der Waals surface area contributed by atoms with Crippen LogP contribution in [0.3, 0.4) is 0 Å². The van der Waals surface area contributed by atoms with Gasteiger partial charge in [-0.2, -0.15) is 10.2 Å². The second-order valence-corrected chi connectivity index (χ2v) is 10.2. The third-order valence-corrected chi connectivity index (χ3v) is 8.25. The van der Waals surface area contributed by atoms with Crippen LogP contribution in [0.15, 0.2) is 42.4 Å². The topological polar surface area (TPSA) is 102 Å². The molecule has 5 heterocycles. The van der Waals surface area contributed by atoms with Crippen molar-refractivity contribution in [3.8, 4) is 22.3 Å². The van der Waals surface area contributed by atoms with Crippen molar-refractivity contribution in [3.05, 3.63) is 47.3 Å². The van der Waals surface area contributed by atoms with Crippen LogP contribution in [0.2, 0.25) is 0 Å². The summed E-state index contributed by atoms with van der Waals surface area (Å²) >= 11 is 1.47. The van der Waals surface area contributed by atoms with Crippen LogP contribution >= 0.6 is 11.3 Å². The molecule has 2 fully saturated rings. The number of ether oxygens (including phenoxy) is 1. The zero-order valence-electron chi connectivity index (χ0n) is 18.9. The Bertz CT molecular complexity index is 1280. The van der Waals surface area contributed by atoms with E-state index in [2.05, 4.69) is 25.6 Å². The minimum Gasteiger partial charge on any atom is -0.370 e. The average Bonchev–Trinajstić information content (AvgIpc) is 3.69. The molecule has 1 amide bonds. The average molecular weight is 479 g/mol. The van der Waals surface area contributed by atoms with E-state index in [0.29, 0.717) is 0 Å². The smallest absolute Gasteiger partial charge is 0.261 e. The van der Waals surface area contributed by atoms with Crippen LogP contribution in [0.1, 0.15) is 35.4 Å². The summed E-state index contributed by atoms with van der Waals surface area (Å²) in [6.07, 6.45) is 14.0. The van der Waals surface area contributed by atoms with Crippen LogP contribution in [0.5, 0.6) is 0 Å². The monoisotopic (exact) mass is 478 g/mol. The molecule has 3 N–H and O–H groups in total. The Morgan fingerprint density at radius 3 is 2.82 bits per heavy atom. The summed E-state index contributed by atoms with van der Waals surface area (Å²) in [6.45, 7) is 4.42. The van der Waals surface area contributed by atoms with Gasteiger partial charge in [-0.1, -0.05) is 0 Å². The molecule has 2 aliphatic rings. The molecular formula is C24H28N7O2S+. The third-order valence-electron chi connectivity index (χ3n) is 7.32. The number of nitrogens with zero attached hydrogens (tertiary/aromatic N) is 4. The van der Waals surface area contributed by atoms with Gasteiger partial charge in [0.1, 0.15) is 18.6 Å². The van der Waals surface area contributed by atoms with Crippen molar-refractivity contribution >= 4 is 22.9 Å². The molecule has 10 heteroatoms. The number of quaternary nitrogens is 1. The van der Waals surface area contributed by atoms with Crippen LogP contribution in [0.4, 0.5) is 0 Å². The van der Waals surface area contributed by atoms with Crippen molar-refractivity contribution in [2.45, 2.75) is 31.2 Å². The Labute approximate surface area is 201 Å². The number of H-pyrrole nitrogens is 1. The van der Waals surface area contributed by atoms with Crippen LogP contribution in [0, 0.1) is 0 Å². The van der Waals surface area contributed by atoms with Gasteiger partial charge in [-0.25, -0.2) is 9.50 Å². The maximum absolute atomic E-state index is 13.1. The molecular weight excluding hydrogens is 450 g/mol. The molecule has 0 radical (unpaired) electrons. The molecule has 6 rings (SSSR count). The zero-order chi connectivity index (χ0) is 23.0. The third kappa shape index (κ3) is 3.91. The number of amides is 1. The van der Waals surface area contributed by atoms with Crippen LogP contribution in [0.25, 0.3) is 27.9 Å². The van der Waals surface area contributed by atoms with Gasteiger partial charge in [-0.3, -0.25) is 9.89 Å². The van der Waals surface area contributed by atoms with Gasteiger partial charge in [0, 0.05) is 48.1 Å². The van der Waals surface area contributed by atoms with E-state index >= 15 is 0 Å². The maximum atomic E-state index is 13.1. The summed E-state index contributed by atoms with van der Waals surface area (Å²) in [5.41, 5.74) is 4.68. The first kappa shape index (κ1) is 21.5. The predicted octanol–water partition coefficient (Wildman–Crippen LogP) is 1.81. The fourth-order valence-corrected chi connectivity index (χ4v) is 6.25. The van der Waals surface area contributed by atoms with Gasteiger partial charge in [0.05, 0.1) is 37.0 Å². The lowest BCUT2D eigenvalue weighted by Crippen LogP contribution is -3.22. The van der Waals surface area contributed by atoms with Gasteiger partial charge < -0.3 is 15.0 Å². The minimum absolute atomic E-state index is 0.00172. The summed E-state index contributed by atoms with van der Waals surface area (Å²) in [6, 6.07) is 1.95. The van der Waals surface area contributed by atoms with E-state index in [0.717, 1.165) is 65.6 Å². The Morgan fingerprint density at radius 2 is 2.03 bits per heavy atom. The summed E-state index contributed by atoms with van der Waals surface area (Å²) in [4.78, 5) is 20.0. The highest BCUT2D eigenvalue weighted by Crippen LogP contribution is 2.30. The minimum atomic E-state index is 0.00172. The summed E-state index contributed by atoms with van der Waals surface area (Å²) in [7, 11) is 0. The first-order valence-corrected chi connectivity index (χ1v) is 12.7. The SMILES string of the molecule is O=C(NCC1([NH+]2CCOCC2)CCCC1)c1cc(-c2cnn3cc(-c4cn[nH]c4)cnc23)cs1. The Kier molecular flexibility index (Phi) is 5.64. The molecule has 4 aromatic rings. The van der Waals surface area contributed by atoms with Crippen molar-refractivity contribution in [1.29, 1.82) is 0 Å². The van der Waals surface area contributed by atoms with E-state index < -0.39 is 0 Å². The quantitative estimate of drug-likeness (QED) is 0.392. The first-order chi connectivity index (χ1) is 16.7. The summed E-state index contributed by atoms with van der Waals surface area (Å²) in [5, 5.41) is 16.6. The number of thiophene rings is 1. The van der Waals surface area contributed by atoms with Gasteiger partial charge in [0.25, 0.3) is 5.91 Å². The summed E-state index contributed by atoms with van der Waals surface area (Å²) in [5.74, 6) is 0.00172. The normalized spacial score (nSPS) is 18.5. The van der Waals surface area contributed by atoms with E-state index in [4.69, 9.17) is 4.74 Å². The van der Waals surface area contributed by atoms with Crippen molar-refractivity contribution in [3.63, 3.8) is 0 Å². The van der Waals surface area contributed by atoms with E-state index in [-0.39, 0.29) is 11.4 Å². The molecule has 9 nitrogen and oxygen atoms in total. The second kappa shape index (κ2) is 8.94.